The van der Waals surface area contributed by atoms with E-state index in [-0.39, 0.29) is 5.82 Å². The second-order valence-electron chi connectivity index (χ2n) is 4.71. The largest absolute Gasteiger partial charge is 0.388 e. The molecule has 94 valence electrons. The van der Waals surface area contributed by atoms with Gasteiger partial charge in [0.25, 0.3) is 0 Å². The number of aliphatic hydroxyl groups is 1. The topological polar surface area (TPSA) is 20.2 Å². The summed E-state index contributed by atoms with van der Waals surface area (Å²) >= 11 is 0. The van der Waals surface area contributed by atoms with E-state index in [0.29, 0.717) is 6.42 Å². The van der Waals surface area contributed by atoms with Gasteiger partial charge in [0.15, 0.2) is 0 Å². The molecule has 0 aliphatic carbocycles. The first-order chi connectivity index (χ1) is 8.56. The van der Waals surface area contributed by atoms with Crippen molar-refractivity contribution < 1.29 is 9.50 Å². The summed E-state index contributed by atoms with van der Waals surface area (Å²) < 4.78 is 13.1. The number of rotatable bonds is 3. The van der Waals surface area contributed by atoms with Gasteiger partial charge in [-0.2, -0.15) is 0 Å². The summed E-state index contributed by atoms with van der Waals surface area (Å²) in [5, 5.41) is 10.2. The van der Waals surface area contributed by atoms with E-state index in [1.165, 1.54) is 12.1 Å². The highest BCUT2D eigenvalue weighted by Gasteiger charge is 2.11. The Labute approximate surface area is 107 Å². The highest BCUT2D eigenvalue weighted by Crippen LogP contribution is 2.23. The summed E-state index contributed by atoms with van der Waals surface area (Å²) in [6, 6.07) is 12.4. The van der Waals surface area contributed by atoms with E-state index in [1.807, 2.05) is 38.1 Å². The molecule has 0 bridgehead atoms. The zero-order chi connectivity index (χ0) is 13.1. The van der Waals surface area contributed by atoms with Gasteiger partial charge in [0.2, 0.25) is 0 Å². The SMILES string of the molecule is Cc1ccc(C)c(C(O)Cc2cccc(F)c2)c1. The number of halogens is 1. The lowest BCUT2D eigenvalue weighted by atomic mass is 9.96. The van der Waals surface area contributed by atoms with Crippen LogP contribution in [0.2, 0.25) is 0 Å². The van der Waals surface area contributed by atoms with E-state index in [1.54, 1.807) is 6.07 Å². The van der Waals surface area contributed by atoms with Gasteiger partial charge in [-0.1, -0.05) is 35.9 Å². The molecule has 2 heteroatoms. The maximum atomic E-state index is 13.1. The van der Waals surface area contributed by atoms with Crippen LogP contribution >= 0.6 is 0 Å². The van der Waals surface area contributed by atoms with E-state index >= 15 is 0 Å². The molecule has 2 aromatic rings. The van der Waals surface area contributed by atoms with Gasteiger partial charge in [-0.25, -0.2) is 4.39 Å². The lowest BCUT2D eigenvalue weighted by molar-refractivity contribution is 0.177. The molecule has 18 heavy (non-hydrogen) atoms. The predicted molar refractivity (Wildman–Crippen MR) is 71.0 cm³/mol. The summed E-state index contributed by atoms with van der Waals surface area (Å²) in [6.07, 6.45) is -0.158. The first kappa shape index (κ1) is 12.8. The molecule has 0 aliphatic heterocycles. The maximum absolute atomic E-state index is 13.1. The maximum Gasteiger partial charge on any atom is 0.123 e. The van der Waals surface area contributed by atoms with E-state index in [9.17, 15) is 9.50 Å². The Bertz CT molecular complexity index is 549. The Hall–Kier alpha value is -1.67. The van der Waals surface area contributed by atoms with Crippen molar-refractivity contribution in [2.45, 2.75) is 26.4 Å². The third-order valence-corrected chi connectivity index (χ3v) is 3.11. The standard InChI is InChI=1S/C16H17FO/c1-11-6-7-12(2)15(8-11)16(18)10-13-4-3-5-14(17)9-13/h3-9,16,18H,10H2,1-2H3. The number of hydrogen-bond donors (Lipinski definition) is 1. The Morgan fingerprint density at radius 3 is 2.61 bits per heavy atom. The molecular weight excluding hydrogens is 227 g/mol. The molecule has 0 radical (unpaired) electrons. The lowest BCUT2D eigenvalue weighted by Crippen LogP contribution is -2.04. The molecule has 1 N–H and O–H groups in total. The van der Waals surface area contributed by atoms with Crippen LogP contribution in [-0.2, 0) is 6.42 Å². The fourth-order valence-electron chi connectivity index (χ4n) is 2.12. The van der Waals surface area contributed by atoms with Crippen LogP contribution in [0.1, 0.15) is 28.4 Å². The van der Waals surface area contributed by atoms with Gasteiger partial charge in [0.1, 0.15) is 5.82 Å². The number of hydrogen-bond acceptors (Lipinski definition) is 1. The molecule has 0 heterocycles. The van der Waals surface area contributed by atoms with Crippen molar-refractivity contribution in [2.75, 3.05) is 0 Å². The Morgan fingerprint density at radius 1 is 1.11 bits per heavy atom. The van der Waals surface area contributed by atoms with Gasteiger partial charge in [-0.05, 0) is 42.7 Å². The summed E-state index contributed by atoms with van der Waals surface area (Å²) in [5.74, 6) is -0.263. The molecule has 1 atom stereocenters. The minimum Gasteiger partial charge on any atom is -0.388 e. The van der Waals surface area contributed by atoms with Crippen LogP contribution in [0.5, 0.6) is 0 Å². The molecule has 0 fully saturated rings. The zero-order valence-electron chi connectivity index (χ0n) is 10.7. The molecule has 0 saturated carbocycles. The van der Waals surface area contributed by atoms with Gasteiger partial charge >= 0.3 is 0 Å². The smallest absolute Gasteiger partial charge is 0.123 e. The highest BCUT2D eigenvalue weighted by molar-refractivity contribution is 5.33. The van der Waals surface area contributed by atoms with E-state index in [0.717, 1.165) is 22.3 Å². The second kappa shape index (κ2) is 5.32. The molecular formula is C16H17FO. The highest BCUT2D eigenvalue weighted by atomic mass is 19.1. The van der Waals surface area contributed by atoms with Gasteiger partial charge in [-0.3, -0.25) is 0 Å². The fraction of sp³-hybridized carbons (Fsp3) is 0.250. The minimum atomic E-state index is -0.591. The summed E-state index contributed by atoms with van der Waals surface area (Å²) in [7, 11) is 0. The molecule has 2 rings (SSSR count). The van der Waals surface area contributed by atoms with E-state index in [2.05, 4.69) is 0 Å². The van der Waals surface area contributed by atoms with Crippen molar-refractivity contribution in [3.63, 3.8) is 0 Å². The molecule has 0 aromatic heterocycles. The predicted octanol–water partition coefficient (Wildman–Crippen LogP) is 3.72. The van der Waals surface area contributed by atoms with E-state index in [4.69, 9.17) is 0 Å². The lowest BCUT2D eigenvalue weighted by Gasteiger charge is -2.14. The third-order valence-electron chi connectivity index (χ3n) is 3.11. The monoisotopic (exact) mass is 244 g/mol. The average Bonchev–Trinajstić information content (AvgIpc) is 2.32. The number of aliphatic hydroxyl groups excluding tert-OH is 1. The minimum absolute atomic E-state index is 0.263. The molecule has 1 nitrogen and oxygen atoms in total. The number of aryl methyl sites for hydroxylation is 2. The summed E-state index contributed by atoms with van der Waals surface area (Å²) in [5.41, 5.74) is 3.90. The van der Waals surface area contributed by atoms with Gasteiger partial charge in [0, 0.05) is 6.42 Å². The van der Waals surface area contributed by atoms with Crippen molar-refractivity contribution in [2.24, 2.45) is 0 Å². The first-order valence-electron chi connectivity index (χ1n) is 6.06. The molecule has 0 amide bonds. The van der Waals surface area contributed by atoms with Crippen LogP contribution in [0.3, 0.4) is 0 Å². The van der Waals surface area contributed by atoms with Crippen LogP contribution in [0.4, 0.5) is 4.39 Å². The van der Waals surface area contributed by atoms with Crippen molar-refractivity contribution >= 4 is 0 Å². The molecule has 0 aliphatic rings. The molecule has 1 unspecified atom stereocenters. The normalized spacial score (nSPS) is 12.4. The number of benzene rings is 2. The Balaban J connectivity index is 2.21. The van der Waals surface area contributed by atoms with Crippen LogP contribution in [0, 0.1) is 19.7 Å². The molecule has 0 spiro atoms. The zero-order valence-corrected chi connectivity index (χ0v) is 10.7. The van der Waals surface area contributed by atoms with Gasteiger partial charge < -0.3 is 5.11 Å². The van der Waals surface area contributed by atoms with Crippen molar-refractivity contribution in [1.82, 2.24) is 0 Å². The average molecular weight is 244 g/mol. The summed E-state index contributed by atoms with van der Waals surface area (Å²) in [4.78, 5) is 0. The van der Waals surface area contributed by atoms with Crippen molar-refractivity contribution in [3.8, 4) is 0 Å². The van der Waals surface area contributed by atoms with Crippen molar-refractivity contribution in [1.29, 1.82) is 0 Å². The van der Waals surface area contributed by atoms with Gasteiger partial charge in [-0.15, -0.1) is 0 Å². The molecule has 0 saturated heterocycles. The Kier molecular flexibility index (Phi) is 3.78. The van der Waals surface area contributed by atoms with Gasteiger partial charge in [0.05, 0.1) is 6.10 Å². The Morgan fingerprint density at radius 2 is 1.89 bits per heavy atom. The van der Waals surface area contributed by atoms with Crippen LogP contribution in [0.15, 0.2) is 42.5 Å². The summed E-state index contributed by atoms with van der Waals surface area (Å²) in [6.45, 7) is 3.97. The first-order valence-corrected chi connectivity index (χ1v) is 6.06. The quantitative estimate of drug-likeness (QED) is 0.872. The fourth-order valence-corrected chi connectivity index (χ4v) is 2.12. The van der Waals surface area contributed by atoms with Crippen LogP contribution in [0.25, 0.3) is 0 Å². The molecule has 2 aromatic carbocycles. The van der Waals surface area contributed by atoms with Crippen molar-refractivity contribution in [3.05, 3.63) is 70.5 Å². The van der Waals surface area contributed by atoms with E-state index < -0.39 is 6.10 Å². The van der Waals surface area contributed by atoms with Crippen LogP contribution < -0.4 is 0 Å². The second-order valence-corrected chi connectivity index (χ2v) is 4.71. The third kappa shape index (κ3) is 2.96. The van der Waals surface area contributed by atoms with Crippen LogP contribution in [-0.4, -0.2) is 5.11 Å².